The van der Waals surface area contributed by atoms with Crippen LogP contribution in [0.4, 0.5) is 4.79 Å². The molecule has 0 aromatic heterocycles. The number of rotatable bonds is 5. The quantitative estimate of drug-likeness (QED) is 0.834. The van der Waals surface area contributed by atoms with Crippen molar-refractivity contribution in [2.24, 2.45) is 5.41 Å². The molecule has 1 amide bonds. The van der Waals surface area contributed by atoms with E-state index < -0.39 is 28.7 Å². The van der Waals surface area contributed by atoms with Crippen LogP contribution in [0.5, 0.6) is 0 Å². The molecule has 1 saturated carbocycles. The Hall–Kier alpha value is -2.12. The molecule has 0 unspecified atom stereocenters. The van der Waals surface area contributed by atoms with Crippen molar-refractivity contribution in [3.8, 4) is 0 Å². The maximum absolute atomic E-state index is 12.0. The lowest BCUT2D eigenvalue weighted by Crippen LogP contribution is -2.58. The Labute approximate surface area is 151 Å². The Morgan fingerprint density at radius 3 is 2.50 bits per heavy atom. The summed E-state index contributed by atoms with van der Waals surface area (Å²) >= 11 is 0. The first-order chi connectivity index (χ1) is 12.5. The summed E-state index contributed by atoms with van der Waals surface area (Å²) in [6.45, 7) is 1.48. The normalized spacial score (nSPS) is 31.2. The van der Waals surface area contributed by atoms with Crippen LogP contribution in [0.2, 0.25) is 0 Å². The van der Waals surface area contributed by atoms with Gasteiger partial charge in [-0.1, -0.05) is 30.3 Å². The average Bonchev–Trinajstić information content (AvgIpc) is 3.04. The number of carboxylic acids is 1. The average molecular weight is 361 g/mol. The van der Waals surface area contributed by atoms with Gasteiger partial charge in [0, 0.05) is 26.1 Å². The third-order valence-corrected chi connectivity index (χ3v) is 6.01. The standard InChI is InChI=1S/C19H23NO6/c21-15(22)18-11-17(12-18,26-19(18)6-8-24-9-7-19)13-20-16(23)25-10-14-4-2-1-3-5-14/h1-5H,6-13H2,(H,20,23)(H,21,22). The van der Waals surface area contributed by atoms with Crippen molar-refractivity contribution in [3.05, 3.63) is 35.9 Å². The molecule has 5 rings (SSSR count). The SMILES string of the molecule is O=C(NCC12CC(C(=O)O)(C1)C1(CCOCC1)O2)OCc1ccccc1. The van der Waals surface area contributed by atoms with E-state index in [1.165, 1.54) is 0 Å². The summed E-state index contributed by atoms with van der Waals surface area (Å²) < 4.78 is 16.9. The molecule has 3 saturated heterocycles. The van der Waals surface area contributed by atoms with E-state index in [9.17, 15) is 14.7 Å². The lowest BCUT2D eigenvalue weighted by molar-refractivity contribution is -0.163. The van der Waals surface area contributed by atoms with Gasteiger partial charge in [-0.05, 0) is 18.4 Å². The Bertz CT molecular complexity index is 691. The summed E-state index contributed by atoms with van der Waals surface area (Å²) in [6.07, 6.45) is 1.49. The van der Waals surface area contributed by atoms with Crippen molar-refractivity contribution in [1.82, 2.24) is 5.32 Å². The van der Waals surface area contributed by atoms with Crippen LogP contribution in [-0.2, 0) is 25.6 Å². The summed E-state index contributed by atoms with van der Waals surface area (Å²) in [5.74, 6) is -0.806. The molecule has 7 heteroatoms. The Kier molecular flexibility index (Phi) is 4.16. The van der Waals surface area contributed by atoms with E-state index in [2.05, 4.69) is 5.32 Å². The second-order valence-electron chi connectivity index (χ2n) is 7.55. The van der Waals surface area contributed by atoms with Crippen LogP contribution in [0.15, 0.2) is 30.3 Å². The third-order valence-electron chi connectivity index (χ3n) is 6.01. The van der Waals surface area contributed by atoms with Crippen molar-refractivity contribution < 1.29 is 28.9 Å². The van der Waals surface area contributed by atoms with Gasteiger partial charge in [0.15, 0.2) is 0 Å². The summed E-state index contributed by atoms with van der Waals surface area (Å²) in [7, 11) is 0. The van der Waals surface area contributed by atoms with Gasteiger partial charge in [0.2, 0.25) is 0 Å². The fraction of sp³-hybridized carbons (Fsp3) is 0.579. The smallest absolute Gasteiger partial charge is 0.407 e. The fourth-order valence-electron chi connectivity index (χ4n) is 4.75. The molecule has 0 radical (unpaired) electrons. The number of benzene rings is 1. The number of carbonyl (C=O) groups is 2. The molecule has 140 valence electrons. The van der Waals surface area contributed by atoms with Gasteiger partial charge < -0.3 is 24.6 Å². The van der Waals surface area contributed by atoms with E-state index in [0.29, 0.717) is 38.9 Å². The highest BCUT2D eigenvalue weighted by atomic mass is 16.6. The summed E-state index contributed by atoms with van der Waals surface area (Å²) in [4.78, 5) is 23.9. The van der Waals surface area contributed by atoms with Gasteiger partial charge in [-0.3, -0.25) is 4.79 Å². The van der Waals surface area contributed by atoms with E-state index in [1.807, 2.05) is 30.3 Å². The number of hydrogen-bond donors (Lipinski definition) is 2. The van der Waals surface area contributed by atoms with Crippen molar-refractivity contribution >= 4 is 12.1 Å². The topological polar surface area (TPSA) is 94.1 Å². The van der Waals surface area contributed by atoms with Gasteiger partial charge in [0.05, 0.1) is 17.7 Å². The molecule has 3 heterocycles. The van der Waals surface area contributed by atoms with Gasteiger partial charge in [-0.15, -0.1) is 0 Å². The predicted octanol–water partition coefficient (Wildman–Crippen LogP) is 2.10. The predicted molar refractivity (Wildman–Crippen MR) is 90.5 cm³/mol. The van der Waals surface area contributed by atoms with Gasteiger partial charge >= 0.3 is 12.1 Å². The molecule has 3 aliphatic heterocycles. The molecule has 4 fully saturated rings. The molecule has 4 aliphatic rings. The van der Waals surface area contributed by atoms with Gasteiger partial charge in [0.1, 0.15) is 12.0 Å². The molecule has 1 spiro atoms. The highest BCUT2D eigenvalue weighted by molar-refractivity contribution is 5.80. The number of carboxylic acid groups (broad SMARTS) is 1. The molecule has 1 aliphatic carbocycles. The zero-order valence-electron chi connectivity index (χ0n) is 14.5. The van der Waals surface area contributed by atoms with Crippen molar-refractivity contribution in [3.63, 3.8) is 0 Å². The number of alkyl carbamates (subject to hydrolysis) is 1. The van der Waals surface area contributed by atoms with Crippen LogP contribution in [0.1, 0.15) is 31.2 Å². The van der Waals surface area contributed by atoms with E-state index in [1.54, 1.807) is 0 Å². The molecule has 26 heavy (non-hydrogen) atoms. The largest absolute Gasteiger partial charge is 0.481 e. The van der Waals surface area contributed by atoms with Crippen LogP contribution in [0, 0.1) is 5.41 Å². The third kappa shape index (κ3) is 2.66. The minimum Gasteiger partial charge on any atom is -0.481 e. The molecular formula is C19H23NO6. The van der Waals surface area contributed by atoms with Crippen molar-refractivity contribution in [1.29, 1.82) is 0 Å². The van der Waals surface area contributed by atoms with Crippen LogP contribution < -0.4 is 5.32 Å². The first-order valence-electron chi connectivity index (χ1n) is 8.95. The molecule has 1 aromatic rings. The minimum atomic E-state index is -0.855. The highest BCUT2D eigenvalue weighted by Crippen LogP contribution is 2.69. The summed E-state index contributed by atoms with van der Waals surface area (Å²) in [6, 6.07) is 9.43. The fourth-order valence-corrected chi connectivity index (χ4v) is 4.75. The van der Waals surface area contributed by atoms with Crippen molar-refractivity contribution in [2.75, 3.05) is 19.8 Å². The second-order valence-corrected chi connectivity index (χ2v) is 7.55. The van der Waals surface area contributed by atoms with Crippen LogP contribution >= 0.6 is 0 Å². The number of carbonyl (C=O) groups excluding carboxylic acids is 1. The van der Waals surface area contributed by atoms with Gasteiger partial charge in [-0.25, -0.2) is 4.79 Å². The zero-order chi connectivity index (χ0) is 18.3. The van der Waals surface area contributed by atoms with Crippen LogP contribution in [-0.4, -0.2) is 48.1 Å². The first kappa shape index (κ1) is 17.3. The lowest BCUT2D eigenvalue weighted by atomic mass is 9.54. The number of hydrogen-bond acceptors (Lipinski definition) is 5. The van der Waals surface area contributed by atoms with E-state index in [4.69, 9.17) is 14.2 Å². The van der Waals surface area contributed by atoms with Crippen LogP contribution in [0.3, 0.4) is 0 Å². The first-order valence-corrected chi connectivity index (χ1v) is 8.95. The zero-order valence-corrected chi connectivity index (χ0v) is 14.5. The van der Waals surface area contributed by atoms with E-state index in [-0.39, 0.29) is 13.2 Å². The van der Waals surface area contributed by atoms with Gasteiger partial charge in [-0.2, -0.15) is 0 Å². The highest BCUT2D eigenvalue weighted by Gasteiger charge is 2.78. The van der Waals surface area contributed by atoms with E-state index >= 15 is 0 Å². The summed E-state index contributed by atoms with van der Waals surface area (Å²) in [5, 5.41) is 12.5. The number of aliphatic carboxylic acids is 1. The Morgan fingerprint density at radius 1 is 1.15 bits per heavy atom. The molecule has 2 N–H and O–H groups in total. The van der Waals surface area contributed by atoms with Crippen LogP contribution in [0.25, 0.3) is 0 Å². The molecular weight excluding hydrogens is 338 g/mol. The van der Waals surface area contributed by atoms with Gasteiger partial charge in [0.25, 0.3) is 0 Å². The minimum absolute atomic E-state index is 0.195. The molecule has 1 aromatic carbocycles. The maximum Gasteiger partial charge on any atom is 0.407 e. The second kappa shape index (κ2) is 6.25. The monoisotopic (exact) mass is 361 g/mol. The number of ether oxygens (including phenoxy) is 3. The Balaban J connectivity index is 1.35. The Morgan fingerprint density at radius 2 is 1.85 bits per heavy atom. The maximum atomic E-state index is 12.0. The lowest BCUT2D eigenvalue weighted by Gasteiger charge is -2.45. The summed E-state index contributed by atoms with van der Waals surface area (Å²) in [5.41, 5.74) is -1.23. The number of amides is 1. The molecule has 0 atom stereocenters. The number of nitrogens with one attached hydrogen (secondary N) is 1. The molecule has 7 nitrogen and oxygen atoms in total. The molecule has 2 bridgehead atoms. The van der Waals surface area contributed by atoms with Crippen molar-refractivity contribution in [2.45, 2.75) is 43.5 Å². The van der Waals surface area contributed by atoms with E-state index in [0.717, 1.165) is 5.56 Å².